The Labute approximate surface area is 127 Å². The first kappa shape index (κ1) is 14.8. The van der Waals surface area contributed by atoms with Crippen molar-refractivity contribution in [1.82, 2.24) is 5.32 Å². The van der Waals surface area contributed by atoms with Crippen molar-refractivity contribution in [2.45, 2.75) is 45.6 Å². The summed E-state index contributed by atoms with van der Waals surface area (Å²) in [5.74, 6) is 1.59. The van der Waals surface area contributed by atoms with Crippen LogP contribution in [0.15, 0.2) is 18.2 Å². The second kappa shape index (κ2) is 6.35. The van der Waals surface area contributed by atoms with Crippen molar-refractivity contribution >= 4 is 5.69 Å². The average molecular weight is 290 g/mol. The maximum absolute atomic E-state index is 13.7. The Balaban J connectivity index is 1.84. The molecule has 0 bridgehead atoms. The lowest BCUT2D eigenvalue weighted by Gasteiger charge is -2.29. The number of rotatable bonds is 8. The van der Waals surface area contributed by atoms with E-state index in [-0.39, 0.29) is 11.9 Å². The highest BCUT2D eigenvalue weighted by Gasteiger charge is 2.30. The van der Waals surface area contributed by atoms with Gasteiger partial charge in [0, 0.05) is 24.8 Å². The topological polar surface area (TPSA) is 15.3 Å². The van der Waals surface area contributed by atoms with Gasteiger partial charge in [0.2, 0.25) is 0 Å². The summed E-state index contributed by atoms with van der Waals surface area (Å²) in [5, 5.41) is 3.43. The van der Waals surface area contributed by atoms with Gasteiger partial charge in [0.15, 0.2) is 0 Å². The zero-order chi connectivity index (χ0) is 14.8. The first-order chi connectivity index (χ1) is 10.2. The fourth-order valence-corrected chi connectivity index (χ4v) is 3.07. The smallest absolute Gasteiger partial charge is 0.123 e. The van der Waals surface area contributed by atoms with Crippen LogP contribution in [0.2, 0.25) is 0 Å². The highest BCUT2D eigenvalue weighted by Crippen LogP contribution is 2.38. The molecule has 1 N–H and O–H groups in total. The molecule has 2 nitrogen and oxygen atoms in total. The molecule has 0 radical (unpaired) electrons. The number of hydrogen-bond donors (Lipinski definition) is 1. The van der Waals surface area contributed by atoms with Gasteiger partial charge in [0.05, 0.1) is 0 Å². The Hall–Kier alpha value is -1.09. The molecule has 3 heteroatoms. The molecule has 1 atom stereocenters. The van der Waals surface area contributed by atoms with E-state index in [9.17, 15) is 4.39 Å². The minimum Gasteiger partial charge on any atom is -0.371 e. The highest BCUT2D eigenvalue weighted by atomic mass is 19.1. The summed E-state index contributed by atoms with van der Waals surface area (Å²) < 4.78 is 13.7. The molecule has 2 fully saturated rings. The summed E-state index contributed by atoms with van der Waals surface area (Å²) in [6.45, 7) is 7.43. The molecule has 1 aromatic carbocycles. The third-order valence-corrected chi connectivity index (χ3v) is 4.66. The van der Waals surface area contributed by atoms with E-state index in [0.717, 1.165) is 37.0 Å². The first-order valence-electron chi connectivity index (χ1n) is 8.45. The summed E-state index contributed by atoms with van der Waals surface area (Å²) in [6.07, 6.45) is 5.45. The maximum atomic E-state index is 13.7. The minimum absolute atomic E-state index is 0.128. The van der Waals surface area contributed by atoms with Crippen LogP contribution < -0.4 is 10.2 Å². The van der Waals surface area contributed by atoms with Gasteiger partial charge in [-0.25, -0.2) is 4.39 Å². The van der Waals surface area contributed by atoms with Crippen LogP contribution in [-0.2, 0) is 0 Å². The SMILES string of the molecule is CCNC(C)c1cc(F)ccc1N(CC1CC1)CC1CC1. The normalized spacial score (nSPS) is 19.6. The Morgan fingerprint density at radius 1 is 1.19 bits per heavy atom. The summed E-state index contributed by atoms with van der Waals surface area (Å²) in [7, 11) is 0. The third-order valence-electron chi connectivity index (χ3n) is 4.66. The molecule has 0 amide bonds. The molecule has 3 rings (SSSR count). The van der Waals surface area contributed by atoms with E-state index >= 15 is 0 Å². The molecule has 0 heterocycles. The van der Waals surface area contributed by atoms with Crippen molar-refractivity contribution in [1.29, 1.82) is 0 Å². The lowest BCUT2D eigenvalue weighted by molar-refractivity contribution is 0.577. The molecule has 2 aliphatic carbocycles. The second-order valence-corrected chi connectivity index (χ2v) is 6.77. The monoisotopic (exact) mass is 290 g/mol. The van der Waals surface area contributed by atoms with Crippen LogP contribution in [0.4, 0.5) is 10.1 Å². The van der Waals surface area contributed by atoms with Gasteiger partial charge < -0.3 is 10.2 Å². The van der Waals surface area contributed by atoms with E-state index in [1.807, 2.05) is 6.07 Å². The van der Waals surface area contributed by atoms with Gasteiger partial charge in [-0.05, 0) is 74.8 Å². The molecule has 0 aromatic heterocycles. The Kier molecular flexibility index (Phi) is 4.48. The summed E-state index contributed by atoms with van der Waals surface area (Å²) in [5.41, 5.74) is 2.35. The predicted molar refractivity (Wildman–Crippen MR) is 86.2 cm³/mol. The Morgan fingerprint density at radius 3 is 2.33 bits per heavy atom. The van der Waals surface area contributed by atoms with Crippen LogP contribution in [0.25, 0.3) is 0 Å². The van der Waals surface area contributed by atoms with Gasteiger partial charge in [0.1, 0.15) is 5.82 Å². The summed E-state index contributed by atoms with van der Waals surface area (Å²) in [4.78, 5) is 2.53. The zero-order valence-corrected chi connectivity index (χ0v) is 13.2. The van der Waals surface area contributed by atoms with Crippen LogP contribution in [0.3, 0.4) is 0 Å². The van der Waals surface area contributed by atoms with Crippen molar-refractivity contribution in [2.24, 2.45) is 11.8 Å². The molecule has 0 aliphatic heterocycles. The van der Waals surface area contributed by atoms with Gasteiger partial charge in [-0.1, -0.05) is 6.92 Å². The lowest BCUT2D eigenvalue weighted by atomic mass is 10.0. The number of nitrogens with zero attached hydrogens (tertiary/aromatic N) is 1. The molecule has 2 aliphatic rings. The van der Waals surface area contributed by atoms with Crippen LogP contribution in [-0.4, -0.2) is 19.6 Å². The number of benzene rings is 1. The van der Waals surface area contributed by atoms with Crippen LogP contribution in [0.1, 0.15) is 51.1 Å². The second-order valence-electron chi connectivity index (χ2n) is 6.77. The standard InChI is InChI=1S/C18H27FN2/c1-3-20-13(2)17-10-16(19)8-9-18(17)21(11-14-4-5-14)12-15-6-7-15/h8-10,13-15,20H,3-7,11-12H2,1-2H3. The van der Waals surface area contributed by atoms with Gasteiger partial charge in [0.25, 0.3) is 0 Å². The van der Waals surface area contributed by atoms with E-state index < -0.39 is 0 Å². The number of nitrogens with one attached hydrogen (secondary N) is 1. The quantitative estimate of drug-likeness (QED) is 0.774. The van der Waals surface area contributed by atoms with Gasteiger partial charge in [-0.3, -0.25) is 0 Å². The molecular weight excluding hydrogens is 263 g/mol. The van der Waals surface area contributed by atoms with Crippen molar-refractivity contribution in [2.75, 3.05) is 24.5 Å². The Morgan fingerprint density at radius 2 is 1.81 bits per heavy atom. The van der Waals surface area contributed by atoms with E-state index in [4.69, 9.17) is 0 Å². The molecule has 116 valence electrons. The first-order valence-corrected chi connectivity index (χ1v) is 8.45. The predicted octanol–water partition coefficient (Wildman–Crippen LogP) is 4.12. The largest absolute Gasteiger partial charge is 0.371 e. The van der Waals surface area contributed by atoms with Crippen molar-refractivity contribution < 1.29 is 4.39 Å². The maximum Gasteiger partial charge on any atom is 0.123 e. The fourth-order valence-electron chi connectivity index (χ4n) is 3.07. The molecule has 21 heavy (non-hydrogen) atoms. The van der Waals surface area contributed by atoms with Gasteiger partial charge in [-0.2, -0.15) is 0 Å². The van der Waals surface area contributed by atoms with E-state index in [2.05, 4.69) is 24.1 Å². The van der Waals surface area contributed by atoms with Crippen molar-refractivity contribution in [3.63, 3.8) is 0 Å². The molecule has 1 aromatic rings. The highest BCUT2D eigenvalue weighted by molar-refractivity contribution is 5.55. The molecule has 2 saturated carbocycles. The van der Waals surface area contributed by atoms with Gasteiger partial charge in [-0.15, -0.1) is 0 Å². The third kappa shape index (κ3) is 3.97. The van der Waals surface area contributed by atoms with E-state index in [1.54, 1.807) is 12.1 Å². The fraction of sp³-hybridized carbons (Fsp3) is 0.667. The van der Waals surface area contributed by atoms with E-state index in [0.29, 0.717) is 0 Å². The van der Waals surface area contributed by atoms with Crippen LogP contribution >= 0.6 is 0 Å². The van der Waals surface area contributed by atoms with E-state index in [1.165, 1.54) is 31.4 Å². The Bertz CT molecular complexity index is 466. The number of hydrogen-bond acceptors (Lipinski definition) is 2. The van der Waals surface area contributed by atoms with Crippen molar-refractivity contribution in [3.05, 3.63) is 29.6 Å². The molecule has 1 unspecified atom stereocenters. The van der Waals surface area contributed by atoms with Crippen molar-refractivity contribution in [3.8, 4) is 0 Å². The number of anilines is 1. The van der Waals surface area contributed by atoms with Gasteiger partial charge >= 0.3 is 0 Å². The lowest BCUT2D eigenvalue weighted by Crippen LogP contribution is -2.30. The summed E-state index contributed by atoms with van der Waals surface area (Å²) >= 11 is 0. The molecule has 0 spiro atoms. The summed E-state index contributed by atoms with van der Waals surface area (Å²) in [6, 6.07) is 5.52. The average Bonchev–Trinajstić information content (AvgIpc) is 3.34. The number of halogens is 1. The zero-order valence-electron chi connectivity index (χ0n) is 13.2. The van der Waals surface area contributed by atoms with Crippen LogP contribution in [0, 0.1) is 17.7 Å². The molecule has 0 saturated heterocycles. The molecular formula is C18H27FN2. The van der Waals surface area contributed by atoms with Crippen LogP contribution in [0.5, 0.6) is 0 Å². The minimum atomic E-state index is -0.128.